The molecule has 1 fully saturated rings. The molecule has 8 nitrogen and oxygen atoms in total. The van der Waals surface area contributed by atoms with Crippen LogP contribution in [0.1, 0.15) is 20.8 Å². The van der Waals surface area contributed by atoms with E-state index in [0.717, 1.165) is 6.92 Å². The Hall–Kier alpha value is -1.67. The molecule has 0 aliphatic carbocycles. The predicted octanol–water partition coefficient (Wildman–Crippen LogP) is -0.870. The molecular formula is C11H16O8. The lowest BCUT2D eigenvalue weighted by Gasteiger charge is -2.21. The van der Waals surface area contributed by atoms with Gasteiger partial charge in [0.2, 0.25) is 0 Å². The number of hydrogen-bond donors (Lipinski definition) is 1. The molecule has 108 valence electrons. The number of aliphatic hydroxyl groups excluding tert-OH is 1. The second kappa shape index (κ2) is 6.48. The van der Waals surface area contributed by atoms with E-state index in [2.05, 4.69) is 0 Å². The molecule has 0 aromatic carbocycles. The fourth-order valence-electron chi connectivity index (χ4n) is 1.69. The van der Waals surface area contributed by atoms with Crippen molar-refractivity contribution in [1.29, 1.82) is 0 Å². The molecule has 0 bridgehead atoms. The maximum absolute atomic E-state index is 11.0. The Balaban J connectivity index is 2.76. The van der Waals surface area contributed by atoms with Gasteiger partial charge in [-0.1, -0.05) is 0 Å². The fourth-order valence-corrected chi connectivity index (χ4v) is 1.69. The van der Waals surface area contributed by atoms with Crippen molar-refractivity contribution in [3.63, 3.8) is 0 Å². The molecule has 0 spiro atoms. The highest BCUT2D eigenvalue weighted by Crippen LogP contribution is 2.26. The van der Waals surface area contributed by atoms with E-state index in [4.69, 9.17) is 18.9 Å². The molecule has 0 radical (unpaired) electrons. The minimum Gasteiger partial charge on any atom is -0.463 e. The minimum atomic E-state index is -1.45. The molecule has 0 aromatic rings. The van der Waals surface area contributed by atoms with Gasteiger partial charge in [-0.3, -0.25) is 14.4 Å². The molecule has 1 N–H and O–H groups in total. The first-order valence-electron chi connectivity index (χ1n) is 5.62. The van der Waals surface area contributed by atoms with Crippen molar-refractivity contribution in [2.45, 2.75) is 45.4 Å². The number of carbonyl (C=O) groups excluding carboxylic acids is 3. The summed E-state index contributed by atoms with van der Waals surface area (Å²) in [5.74, 6) is -1.83. The quantitative estimate of drug-likeness (QED) is 0.521. The number of aliphatic hydroxyl groups is 1. The van der Waals surface area contributed by atoms with Crippen LogP contribution in [0.2, 0.25) is 0 Å². The Morgan fingerprint density at radius 3 is 2.00 bits per heavy atom. The van der Waals surface area contributed by atoms with Gasteiger partial charge in [0.1, 0.15) is 12.7 Å². The third-order valence-electron chi connectivity index (χ3n) is 2.34. The number of rotatable bonds is 4. The summed E-state index contributed by atoms with van der Waals surface area (Å²) in [6, 6.07) is 0. The van der Waals surface area contributed by atoms with Crippen molar-refractivity contribution >= 4 is 17.9 Å². The van der Waals surface area contributed by atoms with Crippen molar-refractivity contribution in [2.24, 2.45) is 0 Å². The SMILES string of the molecule is CC(=O)OC[C@H]1O[C@H](O)C(OC(C)=O)[C@H]1OC(C)=O. The predicted molar refractivity (Wildman–Crippen MR) is 58.6 cm³/mol. The number of ether oxygens (including phenoxy) is 4. The summed E-state index contributed by atoms with van der Waals surface area (Å²) in [7, 11) is 0. The van der Waals surface area contributed by atoms with E-state index >= 15 is 0 Å². The summed E-state index contributed by atoms with van der Waals surface area (Å²) in [5.41, 5.74) is 0. The Labute approximate surface area is 109 Å². The number of carbonyl (C=O) groups is 3. The van der Waals surface area contributed by atoms with Crippen LogP contribution in [0.4, 0.5) is 0 Å². The van der Waals surface area contributed by atoms with E-state index < -0.39 is 42.5 Å². The summed E-state index contributed by atoms with van der Waals surface area (Å²) in [4.78, 5) is 32.7. The van der Waals surface area contributed by atoms with Gasteiger partial charge in [-0.15, -0.1) is 0 Å². The Kier molecular flexibility index (Phi) is 5.25. The van der Waals surface area contributed by atoms with Gasteiger partial charge in [-0.05, 0) is 0 Å². The summed E-state index contributed by atoms with van der Waals surface area (Å²) >= 11 is 0. The van der Waals surface area contributed by atoms with E-state index in [1.807, 2.05) is 0 Å². The van der Waals surface area contributed by atoms with E-state index in [-0.39, 0.29) is 6.61 Å². The van der Waals surface area contributed by atoms with Crippen LogP contribution in [-0.4, -0.2) is 54.2 Å². The number of esters is 3. The normalized spacial score (nSPS) is 29.7. The van der Waals surface area contributed by atoms with Crippen molar-refractivity contribution in [1.82, 2.24) is 0 Å². The van der Waals surface area contributed by atoms with Crippen LogP contribution in [0.25, 0.3) is 0 Å². The molecule has 8 heteroatoms. The van der Waals surface area contributed by atoms with Crippen LogP contribution >= 0.6 is 0 Å². The first-order valence-corrected chi connectivity index (χ1v) is 5.62. The standard InChI is InChI=1S/C11H16O8/c1-5(12)16-4-8-9(17-6(2)13)10(11(15)19-8)18-7(3)14/h8-11,15H,4H2,1-3H3/t8-,9+,10?,11+/m1/s1. The molecule has 0 saturated carbocycles. The zero-order chi connectivity index (χ0) is 14.6. The molecule has 0 aromatic heterocycles. The molecule has 0 amide bonds. The van der Waals surface area contributed by atoms with Crippen LogP contribution in [0, 0.1) is 0 Å². The molecule has 4 atom stereocenters. The summed E-state index contributed by atoms with van der Waals surface area (Å²) in [5, 5.41) is 9.63. The summed E-state index contributed by atoms with van der Waals surface area (Å²) in [6.07, 6.45) is -4.53. The number of hydrogen-bond acceptors (Lipinski definition) is 8. The second-order valence-corrected chi connectivity index (χ2v) is 4.02. The van der Waals surface area contributed by atoms with Crippen molar-refractivity contribution in [2.75, 3.05) is 6.61 Å². The lowest BCUT2D eigenvalue weighted by Crippen LogP contribution is -2.41. The molecule has 1 aliphatic heterocycles. The second-order valence-electron chi connectivity index (χ2n) is 4.02. The van der Waals surface area contributed by atoms with E-state index in [1.54, 1.807) is 0 Å². The summed E-state index contributed by atoms with van der Waals surface area (Å²) < 4.78 is 19.6. The van der Waals surface area contributed by atoms with Crippen molar-refractivity contribution in [3.8, 4) is 0 Å². The van der Waals surface area contributed by atoms with E-state index in [1.165, 1.54) is 13.8 Å². The molecule has 1 heterocycles. The van der Waals surface area contributed by atoms with Crippen LogP contribution in [0.15, 0.2) is 0 Å². The Morgan fingerprint density at radius 2 is 1.53 bits per heavy atom. The highest BCUT2D eigenvalue weighted by atomic mass is 16.7. The highest BCUT2D eigenvalue weighted by molar-refractivity contribution is 5.67. The van der Waals surface area contributed by atoms with Gasteiger partial charge < -0.3 is 24.1 Å². The first kappa shape index (κ1) is 15.4. The van der Waals surface area contributed by atoms with Gasteiger partial charge in [0.05, 0.1) is 0 Å². The van der Waals surface area contributed by atoms with Crippen molar-refractivity contribution in [3.05, 3.63) is 0 Å². The van der Waals surface area contributed by atoms with Crippen LogP contribution in [-0.2, 0) is 33.3 Å². The third-order valence-corrected chi connectivity index (χ3v) is 2.34. The molecule has 1 aliphatic rings. The molecule has 19 heavy (non-hydrogen) atoms. The van der Waals surface area contributed by atoms with Gasteiger partial charge in [0, 0.05) is 20.8 Å². The van der Waals surface area contributed by atoms with Gasteiger partial charge >= 0.3 is 17.9 Å². The first-order chi connectivity index (χ1) is 8.81. The average molecular weight is 276 g/mol. The monoisotopic (exact) mass is 276 g/mol. The fraction of sp³-hybridized carbons (Fsp3) is 0.727. The van der Waals surface area contributed by atoms with Gasteiger partial charge in [-0.2, -0.15) is 0 Å². The molecule has 1 unspecified atom stereocenters. The maximum Gasteiger partial charge on any atom is 0.303 e. The van der Waals surface area contributed by atoms with E-state index in [9.17, 15) is 19.5 Å². The van der Waals surface area contributed by atoms with Crippen LogP contribution in [0.5, 0.6) is 0 Å². The lowest BCUT2D eigenvalue weighted by molar-refractivity contribution is -0.174. The van der Waals surface area contributed by atoms with Crippen LogP contribution < -0.4 is 0 Å². The zero-order valence-electron chi connectivity index (χ0n) is 10.8. The van der Waals surface area contributed by atoms with Crippen LogP contribution in [0.3, 0.4) is 0 Å². The van der Waals surface area contributed by atoms with Gasteiger partial charge in [0.15, 0.2) is 18.5 Å². The Bertz CT molecular complexity index is 366. The smallest absolute Gasteiger partial charge is 0.303 e. The highest BCUT2D eigenvalue weighted by Gasteiger charge is 2.48. The topological polar surface area (TPSA) is 108 Å². The molecular weight excluding hydrogens is 260 g/mol. The molecule has 1 saturated heterocycles. The lowest BCUT2D eigenvalue weighted by atomic mass is 10.1. The third kappa shape index (κ3) is 4.49. The largest absolute Gasteiger partial charge is 0.463 e. The van der Waals surface area contributed by atoms with Crippen molar-refractivity contribution < 1.29 is 38.4 Å². The zero-order valence-corrected chi connectivity index (χ0v) is 10.8. The summed E-state index contributed by atoms with van der Waals surface area (Å²) in [6.45, 7) is 3.30. The van der Waals surface area contributed by atoms with E-state index in [0.29, 0.717) is 0 Å². The van der Waals surface area contributed by atoms with Gasteiger partial charge in [0.25, 0.3) is 0 Å². The maximum atomic E-state index is 11.0. The Morgan fingerprint density at radius 1 is 1.00 bits per heavy atom. The molecule has 1 rings (SSSR count). The average Bonchev–Trinajstić information content (AvgIpc) is 2.53. The minimum absolute atomic E-state index is 0.220. The van der Waals surface area contributed by atoms with Gasteiger partial charge in [-0.25, -0.2) is 0 Å².